The maximum atomic E-state index is 13.7. The van der Waals surface area contributed by atoms with E-state index in [4.69, 9.17) is 0 Å². The molecule has 2 aromatic carbocycles. The van der Waals surface area contributed by atoms with Crippen molar-refractivity contribution in [3.8, 4) is 0 Å². The zero-order valence-electron chi connectivity index (χ0n) is 25.2. The summed E-state index contributed by atoms with van der Waals surface area (Å²) in [6.07, 6.45) is -7.02. The van der Waals surface area contributed by atoms with Crippen LogP contribution in [-0.4, -0.2) is 101 Å². The lowest BCUT2D eigenvalue weighted by molar-refractivity contribution is -0.143. The van der Waals surface area contributed by atoms with Gasteiger partial charge in [0.05, 0.1) is 17.7 Å². The minimum absolute atomic E-state index is 0. The van der Waals surface area contributed by atoms with Gasteiger partial charge in [0.1, 0.15) is 0 Å². The van der Waals surface area contributed by atoms with Crippen molar-refractivity contribution in [2.45, 2.75) is 38.2 Å². The largest absolute Gasteiger partial charge is 0.416 e. The van der Waals surface area contributed by atoms with Crippen LogP contribution in [0.1, 0.15) is 40.4 Å². The molecule has 15 heteroatoms. The van der Waals surface area contributed by atoms with Gasteiger partial charge in [-0.25, -0.2) is 0 Å². The Hall–Kier alpha value is -3.00. The predicted molar refractivity (Wildman–Crippen MR) is 168 cm³/mol. The molecule has 1 atom stereocenters. The van der Waals surface area contributed by atoms with E-state index >= 15 is 0 Å². The van der Waals surface area contributed by atoms with Crippen molar-refractivity contribution in [1.29, 1.82) is 0 Å². The third-order valence-corrected chi connectivity index (χ3v) is 8.42. The predicted octanol–water partition coefficient (Wildman–Crippen LogP) is 5.97. The molecule has 2 amide bonds. The Morgan fingerprint density at radius 2 is 1.46 bits per heavy atom. The average molecular weight is 697 g/mol. The molecule has 5 rings (SSSR count). The highest BCUT2D eigenvalue weighted by atomic mass is 35.5. The van der Waals surface area contributed by atoms with Crippen molar-refractivity contribution in [1.82, 2.24) is 24.6 Å². The first-order chi connectivity index (χ1) is 20.8. The summed E-state index contributed by atoms with van der Waals surface area (Å²) in [5.41, 5.74) is -2.04. The molecule has 7 nitrogen and oxygen atoms in total. The summed E-state index contributed by atoms with van der Waals surface area (Å²) >= 11 is 0. The molecule has 0 bridgehead atoms. The van der Waals surface area contributed by atoms with Crippen LogP contribution in [-0.2, 0) is 23.6 Å². The van der Waals surface area contributed by atoms with Crippen LogP contribution in [0.25, 0.3) is 10.9 Å². The maximum absolute atomic E-state index is 13.7. The number of fused-ring (bicyclic) bond motifs is 1. The number of rotatable bonds is 7. The van der Waals surface area contributed by atoms with Crippen molar-refractivity contribution < 1.29 is 35.9 Å². The standard InChI is InChI=1S/C31H35F6N5O2.2ClH/c1-2-7-39-8-11-41(12-9-39)28(43)20-40-10-13-42(25(19-40)16-22-18-38-27-6-4-3-5-26(22)27)29(44)21-14-23(30(32,33)34)17-24(15-21)31(35,36)37;;/h3-6,14-15,17-18,25,38H,2,7-13,16,19-20H2,1H3;2*1H. The van der Waals surface area contributed by atoms with Gasteiger partial charge >= 0.3 is 12.4 Å². The number of H-pyrrole nitrogens is 1. The van der Waals surface area contributed by atoms with Gasteiger partial charge in [-0.3, -0.25) is 19.4 Å². The molecule has 0 aliphatic carbocycles. The molecule has 0 saturated carbocycles. The van der Waals surface area contributed by atoms with Gasteiger partial charge in [0.2, 0.25) is 5.91 Å². The van der Waals surface area contributed by atoms with Crippen molar-refractivity contribution in [3.63, 3.8) is 0 Å². The highest BCUT2D eigenvalue weighted by Gasteiger charge is 2.39. The molecule has 2 aliphatic heterocycles. The average Bonchev–Trinajstić information content (AvgIpc) is 3.39. The first-order valence-electron chi connectivity index (χ1n) is 14.7. The van der Waals surface area contributed by atoms with Crippen molar-refractivity contribution in [2.24, 2.45) is 0 Å². The number of nitrogens with zero attached hydrogens (tertiary/aromatic N) is 4. The molecule has 1 aromatic heterocycles. The number of nitrogens with one attached hydrogen (secondary N) is 1. The third-order valence-electron chi connectivity index (χ3n) is 8.42. The van der Waals surface area contributed by atoms with Gasteiger partial charge in [0, 0.05) is 74.5 Å². The first kappa shape index (κ1) is 37.5. The third kappa shape index (κ3) is 8.67. The smallest absolute Gasteiger partial charge is 0.361 e. The molecule has 0 spiro atoms. The number of carbonyl (C=O) groups is 2. The number of hydrogen-bond donors (Lipinski definition) is 1. The summed E-state index contributed by atoms with van der Waals surface area (Å²) in [5, 5.41) is 0.900. The molecule has 1 unspecified atom stereocenters. The van der Waals surface area contributed by atoms with Crippen LogP contribution in [0.15, 0.2) is 48.7 Å². The number of para-hydroxylation sites is 1. The summed E-state index contributed by atoms with van der Waals surface area (Å²) in [6.45, 7) is 6.55. The highest BCUT2D eigenvalue weighted by molar-refractivity contribution is 5.95. The fraction of sp³-hybridized carbons (Fsp3) is 0.484. The van der Waals surface area contributed by atoms with Crippen molar-refractivity contribution >= 4 is 47.5 Å². The fourth-order valence-electron chi connectivity index (χ4n) is 6.13. The van der Waals surface area contributed by atoms with E-state index in [2.05, 4.69) is 16.8 Å². The monoisotopic (exact) mass is 695 g/mol. The molecule has 254 valence electrons. The number of benzene rings is 2. The van der Waals surface area contributed by atoms with Crippen LogP contribution in [0.5, 0.6) is 0 Å². The van der Waals surface area contributed by atoms with E-state index in [-0.39, 0.29) is 63.0 Å². The molecule has 2 saturated heterocycles. The molecular weight excluding hydrogens is 659 g/mol. The Morgan fingerprint density at radius 1 is 0.848 bits per heavy atom. The summed E-state index contributed by atoms with van der Waals surface area (Å²) in [6, 6.07) is 7.88. The van der Waals surface area contributed by atoms with E-state index in [1.54, 1.807) is 6.20 Å². The Balaban J connectivity index is 0.00000288. The minimum atomic E-state index is -5.07. The van der Waals surface area contributed by atoms with E-state index in [9.17, 15) is 35.9 Å². The Kier molecular flexibility index (Phi) is 12.4. The fourth-order valence-corrected chi connectivity index (χ4v) is 6.13. The van der Waals surface area contributed by atoms with Gasteiger partial charge < -0.3 is 14.8 Å². The Bertz CT molecular complexity index is 1460. The summed E-state index contributed by atoms with van der Waals surface area (Å²) in [5.74, 6) is -0.955. The number of halogens is 8. The van der Waals surface area contributed by atoms with E-state index in [0.29, 0.717) is 31.6 Å². The van der Waals surface area contributed by atoms with Gasteiger partial charge in [-0.1, -0.05) is 25.1 Å². The number of aromatic nitrogens is 1. The molecule has 0 radical (unpaired) electrons. The minimum Gasteiger partial charge on any atom is -0.361 e. The lowest BCUT2D eigenvalue weighted by Crippen LogP contribution is -2.58. The number of alkyl halides is 6. The zero-order valence-corrected chi connectivity index (χ0v) is 26.8. The molecule has 1 N–H and O–H groups in total. The molecule has 46 heavy (non-hydrogen) atoms. The number of aromatic amines is 1. The number of hydrogen-bond acceptors (Lipinski definition) is 4. The topological polar surface area (TPSA) is 62.9 Å². The van der Waals surface area contributed by atoms with E-state index in [1.165, 1.54) is 4.90 Å². The maximum Gasteiger partial charge on any atom is 0.416 e. The molecule has 2 aliphatic rings. The van der Waals surface area contributed by atoms with E-state index in [0.717, 1.165) is 42.5 Å². The summed E-state index contributed by atoms with van der Waals surface area (Å²) in [4.78, 5) is 37.5. The summed E-state index contributed by atoms with van der Waals surface area (Å²) < 4.78 is 81.4. The summed E-state index contributed by atoms with van der Waals surface area (Å²) in [7, 11) is 0. The normalized spacial score (nSPS) is 18.3. The van der Waals surface area contributed by atoms with Crippen LogP contribution in [0.4, 0.5) is 26.3 Å². The highest BCUT2D eigenvalue weighted by Crippen LogP contribution is 2.37. The van der Waals surface area contributed by atoms with Gasteiger partial charge in [0.25, 0.3) is 5.91 Å². The van der Waals surface area contributed by atoms with Crippen LogP contribution >= 0.6 is 24.8 Å². The number of piperazine rings is 2. The van der Waals surface area contributed by atoms with Crippen LogP contribution < -0.4 is 0 Å². The van der Waals surface area contributed by atoms with Crippen LogP contribution in [0.3, 0.4) is 0 Å². The quantitative estimate of drug-likeness (QED) is 0.310. The SMILES string of the molecule is CCCN1CCN(C(=O)CN2CCN(C(=O)c3cc(C(F)(F)F)cc(C(F)(F)F)c3)C(Cc3c[nH]c4ccccc34)C2)CC1.Cl.Cl. The van der Waals surface area contributed by atoms with Gasteiger partial charge in [-0.15, -0.1) is 24.8 Å². The Morgan fingerprint density at radius 3 is 2.07 bits per heavy atom. The zero-order chi connectivity index (χ0) is 31.6. The van der Waals surface area contributed by atoms with Gasteiger partial charge in [-0.2, -0.15) is 26.3 Å². The number of carbonyl (C=O) groups excluding carboxylic acids is 2. The second kappa shape index (κ2) is 15.3. The van der Waals surface area contributed by atoms with E-state index in [1.807, 2.05) is 34.1 Å². The molecule has 2 fully saturated rings. The van der Waals surface area contributed by atoms with Crippen molar-refractivity contribution in [2.75, 3.05) is 58.9 Å². The first-order valence-corrected chi connectivity index (χ1v) is 14.7. The van der Waals surface area contributed by atoms with E-state index < -0.39 is 41.0 Å². The number of amides is 2. The molecule has 3 heterocycles. The Labute approximate surface area is 275 Å². The van der Waals surface area contributed by atoms with Crippen LogP contribution in [0, 0.1) is 0 Å². The lowest BCUT2D eigenvalue weighted by atomic mass is 9.98. The van der Waals surface area contributed by atoms with Gasteiger partial charge in [0.15, 0.2) is 0 Å². The second-order valence-corrected chi connectivity index (χ2v) is 11.5. The lowest BCUT2D eigenvalue weighted by Gasteiger charge is -2.42. The molecular formula is C31H37Cl2F6N5O2. The van der Waals surface area contributed by atoms with Crippen LogP contribution in [0.2, 0.25) is 0 Å². The second-order valence-electron chi connectivity index (χ2n) is 11.5. The van der Waals surface area contributed by atoms with Gasteiger partial charge in [-0.05, 0) is 49.2 Å². The molecule has 3 aromatic rings. The van der Waals surface area contributed by atoms with Crippen molar-refractivity contribution in [3.05, 3.63) is 70.9 Å².